The second-order valence-electron chi connectivity index (χ2n) is 24.4. The van der Waals surface area contributed by atoms with E-state index in [1.165, 1.54) is 295 Å². The summed E-state index contributed by atoms with van der Waals surface area (Å²) in [5.74, 6) is -1.47. The molecular formula is C69H132O7. The van der Waals surface area contributed by atoms with Crippen LogP contribution in [0.1, 0.15) is 399 Å². The highest BCUT2D eigenvalue weighted by Gasteiger charge is 2.30. The molecule has 1 saturated carbocycles. The molecule has 0 aromatic carbocycles. The third-order valence-corrected chi connectivity index (χ3v) is 16.9. The predicted octanol–water partition coefficient (Wildman–Crippen LogP) is 22.4. The van der Waals surface area contributed by atoms with Gasteiger partial charge in [-0.3, -0.25) is 14.4 Å². The molecule has 0 aliphatic heterocycles. The first-order chi connectivity index (χ1) is 37.5. The van der Waals surface area contributed by atoms with Crippen LogP contribution in [0.3, 0.4) is 0 Å². The number of aliphatic hydroxyl groups excluding tert-OH is 1. The number of ether oxygens (including phenoxy) is 3. The van der Waals surface area contributed by atoms with Crippen molar-refractivity contribution in [3.63, 3.8) is 0 Å². The molecule has 0 heterocycles. The zero-order valence-corrected chi connectivity index (χ0v) is 51.3. The molecule has 1 fully saturated rings. The van der Waals surface area contributed by atoms with E-state index >= 15 is 0 Å². The van der Waals surface area contributed by atoms with Gasteiger partial charge in [0.2, 0.25) is 0 Å². The summed E-state index contributed by atoms with van der Waals surface area (Å²) < 4.78 is 17.2. The molecule has 0 amide bonds. The molecule has 0 bridgehead atoms. The van der Waals surface area contributed by atoms with Gasteiger partial charge in [0.15, 0.2) is 6.10 Å². The van der Waals surface area contributed by atoms with Gasteiger partial charge in [-0.25, -0.2) is 0 Å². The van der Waals surface area contributed by atoms with Crippen LogP contribution < -0.4 is 0 Å². The van der Waals surface area contributed by atoms with Gasteiger partial charge in [-0.1, -0.05) is 361 Å². The lowest BCUT2D eigenvalue weighted by Gasteiger charge is -2.24. The maximum absolute atomic E-state index is 13.6. The van der Waals surface area contributed by atoms with Crippen molar-refractivity contribution in [2.45, 2.75) is 411 Å². The van der Waals surface area contributed by atoms with Gasteiger partial charge in [0, 0.05) is 12.8 Å². The summed E-state index contributed by atoms with van der Waals surface area (Å²) in [6, 6.07) is 0. The zero-order chi connectivity index (χ0) is 54.7. The fourth-order valence-electron chi connectivity index (χ4n) is 11.6. The van der Waals surface area contributed by atoms with Crippen molar-refractivity contribution in [1.82, 2.24) is 0 Å². The Bertz CT molecular complexity index is 1130. The number of rotatable bonds is 46. The second kappa shape index (κ2) is 59.5. The van der Waals surface area contributed by atoms with E-state index in [2.05, 4.69) is 13.8 Å². The highest BCUT2D eigenvalue weighted by Crippen LogP contribution is 2.24. The normalized spacial score (nSPS) is 15.8. The number of carbonyl (C=O) groups is 3. The van der Waals surface area contributed by atoms with Crippen molar-refractivity contribution in [2.75, 3.05) is 6.61 Å². The molecule has 7 nitrogen and oxygen atoms in total. The molecule has 1 N–H and O–H groups in total. The van der Waals surface area contributed by atoms with Gasteiger partial charge in [0.1, 0.15) is 6.61 Å². The summed E-state index contributed by atoms with van der Waals surface area (Å²) in [6.45, 7) is 4.21. The zero-order valence-electron chi connectivity index (χ0n) is 51.3. The monoisotopic (exact) mass is 1070 g/mol. The van der Waals surface area contributed by atoms with Gasteiger partial charge in [0.05, 0.1) is 5.92 Å². The molecule has 0 aromatic heterocycles. The van der Waals surface area contributed by atoms with Crippen molar-refractivity contribution in [2.24, 2.45) is 5.92 Å². The number of esters is 3. The third-order valence-electron chi connectivity index (χ3n) is 16.9. The van der Waals surface area contributed by atoms with Crippen molar-refractivity contribution < 1.29 is 33.7 Å². The van der Waals surface area contributed by atoms with Gasteiger partial charge in [-0.2, -0.15) is 0 Å². The Labute approximate surface area is 473 Å². The smallest absolute Gasteiger partial charge is 0.309 e. The Morgan fingerprint density at radius 3 is 0.776 bits per heavy atom. The summed E-state index contributed by atoms with van der Waals surface area (Å²) >= 11 is 0. The molecule has 76 heavy (non-hydrogen) atoms. The maximum atomic E-state index is 13.6. The van der Waals surface area contributed by atoms with Crippen LogP contribution in [-0.4, -0.2) is 42.0 Å². The molecule has 1 atom stereocenters. The summed E-state index contributed by atoms with van der Waals surface area (Å²) in [5, 5.41) is 11.3. The number of carbonyl (C=O) groups excluding carboxylic acids is 3. The van der Waals surface area contributed by atoms with Crippen LogP contribution >= 0.6 is 0 Å². The van der Waals surface area contributed by atoms with Gasteiger partial charge >= 0.3 is 17.9 Å². The fourth-order valence-corrected chi connectivity index (χ4v) is 11.6. The SMILES string of the molecule is CCCCCCCCCCCCCCCCCCCCCC(=O)OC(OC(=O)CCCCCCCCCCCCCCCCCCCCC)C(O)COC(=O)C1CCCCCCCCCCCCCCCCCCCC1. The molecular weight excluding hydrogens is 941 g/mol. The van der Waals surface area contributed by atoms with Crippen LogP contribution in [0.15, 0.2) is 0 Å². The van der Waals surface area contributed by atoms with Crippen LogP contribution in [0.4, 0.5) is 0 Å². The van der Waals surface area contributed by atoms with E-state index in [-0.39, 0.29) is 31.3 Å². The Morgan fingerprint density at radius 2 is 0.539 bits per heavy atom. The number of hydrogen-bond acceptors (Lipinski definition) is 7. The van der Waals surface area contributed by atoms with E-state index in [4.69, 9.17) is 14.2 Å². The second-order valence-corrected chi connectivity index (χ2v) is 24.4. The molecule has 1 unspecified atom stereocenters. The van der Waals surface area contributed by atoms with Gasteiger partial charge < -0.3 is 19.3 Å². The van der Waals surface area contributed by atoms with Crippen molar-refractivity contribution >= 4 is 17.9 Å². The van der Waals surface area contributed by atoms with E-state index in [9.17, 15) is 19.5 Å². The Hall–Kier alpha value is -1.63. The highest BCUT2D eigenvalue weighted by molar-refractivity contribution is 5.73. The third kappa shape index (κ3) is 51.8. The summed E-state index contributed by atoms with van der Waals surface area (Å²) in [5.41, 5.74) is 0. The van der Waals surface area contributed by atoms with E-state index in [1.54, 1.807) is 0 Å². The number of aliphatic hydroxyl groups is 1. The topological polar surface area (TPSA) is 99.1 Å². The predicted molar refractivity (Wildman–Crippen MR) is 325 cm³/mol. The molecule has 1 aliphatic carbocycles. The van der Waals surface area contributed by atoms with E-state index < -0.39 is 24.3 Å². The van der Waals surface area contributed by atoms with Gasteiger partial charge in [0.25, 0.3) is 6.29 Å². The summed E-state index contributed by atoms with van der Waals surface area (Å²) in [4.78, 5) is 40.0. The molecule has 0 spiro atoms. The minimum absolute atomic E-state index is 0.209. The molecule has 7 heteroatoms. The van der Waals surface area contributed by atoms with Crippen LogP contribution in [0.2, 0.25) is 0 Å². The van der Waals surface area contributed by atoms with Crippen molar-refractivity contribution in [3.8, 4) is 0 Å². The van der Waals surface area contributed by atoms with Crippen LogP contribution in [0.5, 0.6) is 0 Å². The van der Waals surface area contributed by atoms with E-state index in [0.717, 1.165) is 64.2 Å². The largest absolute Gasteiger partial charge is 0.462 e. The lowest BCUT2D eigenvalue weighted by atomic mass is 9.94. The van der Waals surface area contributed by atoms with Gasteiger partial charge in [-0.15, -0.1) is 0 Å². The van der Waals surface area contributed by atoms with E-state index in [0.29, 0.717) is 12.8 Å². The minimum Gasteiger partial charge on any atom is -0.462 e. The standard InChI is InChI=1S/C69H132O7/c1-3-5-7-9-11-13-15-17-19-21-23-29-33-37-41-45-49-53-57-61-66(71)75-69(76-67(72)62-58-54-50-46-42-38-34-30-24-22-20-18-16-14-12-10-8-6-4-2)65(70)63-74-68(73)64-59-55-51-47-43-39-35-31-27-25-26-28-32-36-40-44-48-52-56-60-64/h64-65,69-70H,3-63H2,1-2H3. The van der Waals surface area contributed by atoms with E-state index in [1.807, 2.05) is 0 Å². The van der Waals surface area contributed by atoms with Crippen LogP contribution in [0, 0.1) is 5.92 Å². The average molecular weight is 1070 g/mol. The quantitative estimate of drug-likeness (QED) is 0.0368. The first-order valence-electron chi connectivity index (χ1n) is 34.7. The fraction of sp³-hybridized carbons (Fsp3) is 0.957. The number of unbranched alkanes of at least 4 members (excludes halogenated alkanes) is 36. The first kappa shape index (κ1) is 72.4. The maximum Gasteiger partial charge on any atom is 0.309 e. The lowest BCUT2D eigenvalue weighted by Crippen LogP contribution is -2.39. The molecule has 0 aromatic rings. The Morgan fingerprint density at radius 1 is 0.329 bits per heavy atom. The lowest BCUT2D eigenvalue weighted by molar-refractivity contribution is -0.212. The summed E-state index contributed by atoms with van der Waals surface area (Å²) in [6.07, 6.45) is 70.8. The molecule has 1 rings (SSSR count). The highest BCUT2D eigenvalue weighted by atomic mass is 16.7. The molecule has 450 valence electrons. The molecule has 1 aliphatic rings. The molecule has 0 radical (unpaired) electrons. The minimum atomic E-state index is -1.49. The van der Waals surface area contributed by atoms with Crippen LogP contribution in [-0.2, 0) is 28.6 Å². The van der Waals surface area contributed by atoms with Gasteiger partial charge in [-0.05, 0) is 25.7 Å². The number of hydrogen-bond donors (Lipinski definition) is 1. The Balaban J connectivity index is 2.52. The first-order valence-corrected chi connectivity index (χ1v) is 34.7. The van der Waals surface area contributed by atoms with Crippen LogP contribution in [0.25, 0.3) is 0 Å². The van der Waals surface area contributed by atoms with Crippen molar-refractivity contribution in [1.29, 1.82) is 0 Å². The van der Waals surface area contributed by atoms with Crippen molar-refractivity contribution in [3.05, 3.63) is 0 Å². The summed E-state index contributed by atoms with van der Waals surface area (Å²) in [7, 11) is 0. The Kier molecular flexibility index (Phi) is 56.7. The average Bonchev–Trinajstić information content (AvgIpc) is 3.42. The molecule has 0 saturated heterocycles.